The molecule has 0 aliphatic heterocycles. The van der Waals surface area contributed by atoms with Gasteiger partial charge in [0.25, 0.3) is 0 Å². The first kappa shape index (κ1) is 64.9. The summed E-state index contributed by atoms with van der Waals surface area (Å²) >= 11 is 0. The third-order valence-electron chi connectivity index (χ3n) is 12.4. The van der Waals surface area contributed by atoms with Crippen LogP contribution in [0.3, 0.4) is 0 Å². The third-order valence-corrected chi connectivity index (χ3v) is 14.5. The molecule has 0 aliphatic rings. The molecule has 0 rings (SSSR count). The Bertz CT molecular complexity index is 1280. The lowest BCUT2D eigenvalue weighted by Gasteiger charge is -2.35. The molecule has 0 radical (unpaired) electrons. The van der Waals surface area contributed by atoms with Crippen LogP contribution in [-0.4, -0.2) is 82.2 Å². The van der Waals surface area contributed by atoms with E-state index in [1.807, 2.05) is 0 Å². The molecule has 0 fully saturated rings. The zero-order chi connectivity index (χ0) is 49.0. The minimum Gasteiger partial charge on any atom is -0.776 e. The zero-order valence-corrected chi connectivity index (χ0v) is 45.1. The molecule has 0 saturated heterocycles. The maximum absolute atomic E-state index is 13.1. The predicted molar refractivity (Wildman–Crippen MR) is 270 cm³/mol. The van der Waals surface area contributed by atoms with Crippen LogP contribution in [0.5, 0.6) is 0 Å². The van der Waals surface area contributed by atoms with E-state index in [1.54, 1.807) is 21.1 Å². The largest absolute Gasteiger partial charge is 0.776 e. The van der Waals surface area contributed by atoms with Crippen LogP contribution in [0, 0.1) is 0 Å². The number of likely N-dealkylation sites (N-methyl/N-ethyl adjacent to an activating group) is 1. The Morgan fingerprint density at radius 2 is 0.788 bits per heavy atom. The third kappa shape index (κ3) is 46.6. The number of unbranched alkanes of at least 4 members (excludes halogenated alkanes) is 36. The summed E-state index contributed by atoms with van der Waals surface area (Å²) in [7, 11) is -5.39. The number of carbonyl (C=O) groups is 2. The van der Waals surface area contributed by atoms with Crippen molar-refractivity contribution >= 4 is 29.9 Å². The predicted octanol–water partition coefficient (Wildman–Crippen LogP) is 14.5. The molecule has 0 aromatic carbocycles. The number of quaternary nitrogens is 1. The molecule has 1 N–H and O–H groups in total. The van der Waals surface area contributed by atoms with Gasteiger partial charge in [0.05, 0.1) is 27.7 Å². The number of ether oxygens (including phenoxy) is 2. The Balaban J connectivity index is 4.52. The lowest BCUT2D eigenvalue weighted by atomic mass is 10.0. The summed E-state index contributed by atoms with van der Waals surface area (Å²) < 4.78 is 66.0. The van der Waals surface area contributed by atoms with Crippen molar-refractivity contribution in [1.82, 2.24) is 0 Å². The fourth-order valence-corrected chi connectivity index (χ4v) is 10.7. The molecule has 0 amide bonds. The molecule has 0 aliphatic carbocycles. The van der Waals surface area contributed by atoms with E-state index in [-0.39, 0.29) is 23.9 Å². The van der Waals surface area contributed by atoms with Crippen LogP contribution in [0.1, 0.15) is 271 Å². The van der Waals surface area contributed by atoms with Gasteiger partial charge in [-0.1, -0.05) is 245 Å². The van der Waals surface area contributed by atoms with Gasteiger partial charge in [0, 0.05) is 12.8 Å². The summed E-state index contributed by atoms with van der Waals surface area (Å²) in [5.74, 6) is -3.08. The summed E-state index contributed by atoms with van der Waals surface area (Å²) in [6.45, 7) is 3.04. The van der Waals surface area contributed by atoms with Gasteiger partial charge in [0.2, 0.25) is 0 Å². The highest BCUT2D eigenvalue weighted by molar-refractivity contribution is 7.81. The van der Waals surface area contributed by atoms with Crippen LogP contribution < -0.4 is 4.89 Å². The molecular formula is C52H104NO11PS. The van der Waals surface area contributed by atoms with Crippen molar-refractivity contribution in [1.29, 1.82) is 0 Å². The maximum atomic E-state index is 13.1. The number of rotatable bonds is 51. The Morgan fingerprint density at radius 1 is 0.500 bits per heavy atom. The second kappa shape index (κ2) is 43.9. The molecule has 12 nitrogen and oxygen atoms in total. The van der Waals surface area contributed by atoms with Crippen molar-refractivity contribution < 1.29 is 54.7 Å². The van der Waals surface area contributed by atoms with Crippen LogP contribution in [0.25, 0.3) is 0 Å². The van der Waals surface area contributed by atoms with Gasteiger partial charge < -0.3 is 27.9 Å². The number of hydrogen-bond acceptors (Lipinski definition) is 10. The van der Waals surface area contributed by atoms with E-state index in [0.717, 1.165) is 38.5 Å². The Morgan fingerprint density at radius 3 is 1.08 bits per heavy atom. The first-order valence-corrected chi connectivity index (χ1v) is 30.3. The maximum Gasteiger partial charge on any atom is 0.398 e. The summed E-state index contributed by atoms with van der Waals surface area (Å²) in [4.78, 5) is 38.7. The lowest BCUT2D eigenvalue weighted by molar-refractivity contribution is -0.871. The average Bonchev–Trinajstić information content (AvgIpc) is 3.25. The highest BCUT2D eigenvalue weighted by Gasteiger charge is 2.35. The summed E-state index contributed by atoms with van der Waals surface area (Å²) in [6.07, 6.45) is 46.5. The SMILES string of the molecule is CCCCCCCCCCCCCCCCCCCCCC(=O)OC[C@H](COP(=O)([O-])C(C[N+](C)(C)C)OS(=O)(=O)O)OC(=O)CCCCCCCCCCCCCCCCCCCCC. The molecule has 0 heterocycles. The van der Waals surface area contributed by atoms with Gasteiger partial charge in [0.15, 0.2) is 19.5 Å². The van der Waals surface area contributed by atoms with Crippen LogP contribution in [-0.2, 0) is 42.7 Å². The highest BCUT2D eigenvalue weighted by atomic mass is 32.3. The minimum atomic E-state index is -5.14. The quantitative estimate of drug-likeness (QED) is 0.0203. The molecule has 0 spiro atoms. The van der Waals surface area contributed by atoms with Gasteiger partial charge in [-0.25, -0.2) is 4.18 Å². The van der Waals surface area contributed by atoms with E-state index in [0.29, 0.717) is 12.8 Å². The number of esters is 2. The van der Waals surface area contributed by atoms with Crippen molar-refractivity contribution in [2.75, 3.05) is 40.9 Å². The standard InChI is InChI=1S/C52H104NO11PS/c1-6-8-10-12-14-16-18-20-22-24-26-28-30-32-34-36-38-40-42-44-50(54)61-47-49(48-62-65(56,57)52(46-53(3,4)5)64-66(58,59)60)63-51(55)45-43-41-39-37-35-33-31-29-27-25-23-21-19-17-15-13-11-9-7-2/h49,52H,6-48H2,1-5H3,(H-,56,57,58,59,60)/t49-,52?/m1/s1. The Hall–Kier alpha value is -1.08. The van der Waals surface area contributed by atoms with Gasteiger partial charge in [-0.2, -0.15) is 8.42 Å². The molecule has 14 heteroatoms. The number of hydrogen-bond donors (Lipinski definition) is 1. The molecule has 0 aromatic heterocycles. The van der Waals surface area contributed by atoms with Crippen LogP contribution in [0.2, 0.25) is 0 Å². The van der Waals surface area contributed by atoms with Gasteiger partial charge >= 0.3 is 22.3 Å². The zero-order valence-electron chi connectivity index (χ0n) is 43.4. The summed E-state index contributed by atoms with van der Waals surface area (Å²) in [6, 6.07) is 0. The second-order valence-electron chi connectivity index (χ2n) is 20.3. The normalized spacial score (nSPS) is 14.0. The fourth-order valence-electron chi connectivity index (χ4n) is 8.38. The van der Waals surface area contributed by atoms with E-state index < -0.39 is 55.1 Å². The molecule has 394 valence electrons. The van der Waals surface area contributed by atoms with E-state index >= 15 is 0 Å². The van der Waals surface area contributed by atoms with Crippen molar-refractivity contribution in [3.63, 3.8) is 0 Å². The molecule has 66 heavy (non-hydrogen) atoms. The van der Waals surface area contributed by atoms with Gasteiger partial charge in [0.1, 0.15) is 13.2 Å². The highest BCUT2D eigenvalue weighted by Crippen LogP contribution is 2.45. The molecule has 0 aromatic rings. The van der Waals surface area contributed by atoms with Gasteiger partial charge in [-0.15, -0.1) is 0 Å². The van der Waals surface area contributed by atoms with Crippen LogP contribution >= 0.6 is 7.60 Å². The second-order valence-corrected chi connectivity index (χ2v) is 23.3. The summed E-state index contributed by atoms with van der Waals surface area (Å²) in [5, 5.41) is 0. The van der Waals surface area contributed by atoms with Crippen molar-refractivity contribution in [2.24, 2.45) is 0 Å². The monoisotopic (exact) mass is 982 g/mol. The van der Waals surface area contributed by atoms with Gasteiger partial charge in [-0.05, 0) is 12.8 Å². The molecule has 0 saturated carbocycles. The van der Waals surface area contributed by atoms with E-state index in [4.69, 9.17) is 14.0 Å². The topological polar surface area (TPSA) is 166 Å². The Kier molecular flexibility index (Phi) is 43.2. The van der Waals surface area contributed by atoms with E-state index in [1.165, 1.54) is 193 Å². The first-order valence-electron chi connectivity index (χ1n) is 27.4. The molecule has 2 unspecified atom stereocenters. The number of carbonyl (C=O) groups excluding carboxylic acids is 2. The smallest absolute Gasteiger partial charge is 0.398 e. The molecular weight excluding hydrogens is 878 g/mol. The number of nitrogens with zero attached hydrogens (tertiary/aromatic N) is 1. The van der Waals surface area contributed by atoms with Crippen molar-refractivity contribution in [3.8, 4) is 0 Å². The Labute approximate surface area is 406 Å². The van der Waals surface area contributed by atoms with Crippen molar-refractivity contribution in [2.45, 2.75) is 283 Å². The average molecular weight is 982 g/mol. The molecule has 3 atom stereocenters. The van der Waals surface area contributed by atoms with E-state index in [2.05, 4.69) is 18.0 Å². The van der Waals surface area contributed by atoms with Crippen molar-refractivity contribution in [3.05, 3.63) is 0 Å². The van der Waals surface area contributed by atoms with E-state index in [9.17, 15) is 32.0 Å². The fraction of sp³-hybridized carbons (Fsp3) is 0.962. The van der Waals surface area contributed by atoms with Crippen LogP contribution in [0.15, 0.2) is 0 Å². The van der Waals surface area contributed by atoms with Gasteiger partial charge in [-0.3, -0.25) is 14.1 Å². The first-order chi connectivity index (χ1) is 31.6. The van der Waals surface area contributed by atoms with Crippen LogP contribution in [0.4, 0.5) is 0 Å². The minimum absolute atomic E-state index is 0.0231. The summed E-state index contributed by atoms with van der Waals surface area (Å²) in [5.41, 5.74) is 0. The lowest BCUT2D eigenvalue weighted by Crippen LogP contribution is -2.45. The molecule has 0 bridgehead atoms.